The number of imidazole rings is 1. The molecule has 0 fully saturated rings. The van der Waals surface area contributed by atoms with Gasteiger partial charge < -0.3 is 14.7 Å². The van der Waals surface area contributed by atoms with Gasteiger partial charge in [0.15, 0.2) is 0 Å². The Bertz CT molecular complexity index is 1090. The van der Waals surface area contributed by atoms with Crippen LogP contribution in [0.25, 0.3) is 11.0 Å². The predicted octanol–water partition coefficient (Wildman–Crippen LogP) is 3.96. The van der Waals surface area contributed by atoms with E-state index >= 15 is 0 Å². The Morgan fingerprint density at radius 1 is 1.06 bits per heavy atom. The van der Waals surface area contributed by atoms with E-state index in [9.17, 15) is 4.79 Å². The minimum atomic E-state index is -0.0346. The van der Waals surface area contributed by atoms with Crippen molar-refractivity contribution >= 4 is 28.7 Å². The fourth-order valence-electron chi connectivity index (χ4n) is 3.29. The second-order valence-electron chi connectivity index (χ2n) is 7.44. The summed E-state index contributed by atoms with van der Waals surface area (Å²) in [6.07, 6.45) is 3.11. The zero-order chi connectivity index (χ0) is 21.5. The quantitative estimate of drug-likeness (QED) is 0.366. The van der Waals surface area contributed by atoms with Gasteiger partial charge in [-0.1, -0.05) is 54.2 Å². The monoisotopic (exact) mass is 435 g/mol. The van der Waals surface area contributed by atoms with Crippen molar-refractivity contribution in [2.24, 2.45) is 0 Å². The van der Waals surface area contributed by atoms with Crippen LogP contribution in [0.3, 0.4) is 0 Å². The van der Waals surface area contributed by atoms with E-state index in [0.29, 0.717) is 24.0 Å². The van der Waals surface area contributed by atoms with Gasteiger partial charge in [-0.2, -0.15) is 0 Å². The molecule has 0 bridgehead atoms. The van der Waals surface area contributed by atoms with Gasteiger partial charge in [0.2, 0.25) is 11.8 Å². The van der Waals surface area contributed by atoms with E-state index in [2.05, 4.69) is 37.6 Å². The molecule has 0 spiro atoms. The summed E-state index contributed by atoms with van der Waals surface area (Å²) in [6, 6.07) is 18.3. The first-order valence-electron chi connectivity index (χ1n) is 10.4. The highest BCUT2D eigenvalue weighted by Gasteiger charge is 2.13. The molecule has 31 heavy (non-hydrogen) atoms. The smallest absolute Gasteiger partial charge is 0.277 e. The molecule has 8 heteroatoms. The maximum Gasteiger partial charge on any atom is 0.277 e. The summed E-state index contributed by atoms with van der Waals surface area (Å²) in [5, 5.41) is 11.5. The van der Waals surface area contributed by atoms with Crippen LogP contribution < -0.4 is 5.32 Å². The Kier molecular flexibility index (Phi) is 6.99. The van der Waals surface area contributed by atoms with E-state index in [1.54, 1.807) is 0 Å². The Morgan fingerprint density at radius 2 is 1.87 bits per heavy atom. The van der Waals surface area contributed by atoms with E-state index in [-0.39, 0.29) is 17.7 Å². The van der Waals surface area contributed by atoms with Crippen LogP contribution >= 0.6 is 11.8 Å². The molecule has 2 heterocycles. The third kappa shape index (κ3) is 6.18. The Morgan fingerprint density at radius 3 is 2.71 bits per heavy atom. The second kappa shape index (κ2) is 10.3. The van der Waals surface area contributed by atoms with Crippen LogP contribution in [0.4, 0.5) is 0 Å². The van der Waals surface area contributed by atoms with Crippen molar-refractivity contribution in [3.63, 3.8) is 0 Å². The average molecular weight is 436 g/mol. The van der Waals surface area contributed by atoms with Gasteiger partial charge >= 0.3 is 0 Å². The van der Waals surface area contributed by atoms with Gasteiger partial charge in [-0.05, 0) is 37.5 Å². The average Bonchev–Trinajstić information content (AvgIpc) is 3.42. The van der Waals surface area contributed by atoms with Gasteiger partial charge in [0.1, 0.15) is 5.82 Å². The first-order valence-corrected chi connectivity index (χ1v) is 11.4. The molecule has 2 N–H and O–H groups in total. The number of carbonyl (C=O) groups is 1. The lowest BCUT2D eigenvalue weighted by Crippen LogP contribution is -2.34. The summed E-state index contributed by atoms with van der Waals surface area (Å²) in [5.74, 6) is 1.64. The number of nitrogens with one attached hydrogen (secondary N) is 2. The molecule has 0 saturated carbocycles. The van der Waals surface area contributed by atoms with Gasteiger partial charge in [-0.15, -0.1) is 10.2 Å². The van der Waals surface area contributed by atoms with E-state index in [1.165, 1.54) is 17.3 Å². The molecule has 7 nitrogen and oxygen atoms in total. The van der Waals surface area contributed by atoms with Gasteiger partial charge in [0.05, 0.1) is 16.8 Å². The maximum absolute atomic E-state index is 12.2. The number of amides is 1. The number of H-pyrrole nitrogens is 1. The van der Waals surface area contributed by atoms with Crippen molar-refractivity contribution in [1.29, 1.82) is 0 Å². The fourth-order valence-corrected chi connectivity index (χ4v) is 3.88. The standard InChI is InChI=1S/C23H25N5O2S/c1-16(11-12-17-7-3-2-4-8-17)24-21(29)15-31-23-28-27-22(30-23)14-13-20-25-18-9-5-6-10-19(18)26-20/h2-10,16H,11-15H2,1H3,(H,24,29)(H,25,26). The van der Waals surface area contributed by atoms with E-state index in [4.69, 9.17) is 4.42 Å². The number of carbonyl (C=O) groups excluding carboxylic acids is 1. The van der Waals surface area contributed by atoms with Crippen molar-refractivity contribution < 1.29 is 9.21 Å². The number of benzene rings is 2. The number of aromatic nitrogens is 4. The zero-order valence-corrected chi connectivity index (χ0v) is 18.2. The van der Waals surface area contributed by atoms with Crippen molar-refractivity contribution in [2.75, 3.05) is 5.75 Å². The minimum absolute atomic E-state index is 0.0346. The summed E-state index contributed by atoms with van der Waals surface area (Å²) < 4.78 is 5.66. The molecule has 0 radical (unpaired) electrons. The molecule has 2 aromatic heterocycles. The molecule has 4 aromatic rings. The van der Waals surface area contributed by atoms with Crippen LogP contribution in [0.5, 0.6) is 0 Å². The van der Waals surface area contributed by atoms with Crippen LogP contribution in [-0.2, 0) is 24.1 Å². The van der Waals surface area contributed by atoms with Crippen molar-refractivity contribution in [3.8, 4) is 0 Å². The van der Waals surface area contributed by atoms with Crippen molar-refractivity contribution in [3.05, 3.63) is 71.9 Å². The third-order valence-corrected chi connectivity index (χ3v) is 5.72. The first kappa shape index (κ1) is 21.1. The summed E-state index contributed by atoms with van der Waals surface area (Å²) in [6.45, 7) is 2.02. The lowest BCUT2D eigenvalue weighted by molar-refractivity contribution is -0.119. The minimum Gasteiger partial charge on any atom is -0.416 e. The van der Waals surface area contributed by atoms with E-state index in [0.717, 1.165) is 29.7 Å². The first-order chi connectivity index (χ1) is 15.2. The number of rotatable bonds is 10. The summed E-state index contributed by atoms with van der Waals surface area (Å²) in [7, 11) is 0. The highest BCUT2D eigenvalue weighted by atomic mass is 32.2. The second-order valence-corrected chi connectivity index (χ2v) is 8.37. The number of nitrogens with zero attached hydrogens (tertiary/aromatic N) is 3. The third-order valence-electron chi connectivity index (χ3n) is 4.91. The molecule has 0 aliphatic heterocycles. The number of hydrogen-bond acceptors (Lipinski definition) is 6. The van der Waals surface area contributed by atoms with Crippen LogP contribution in [0.15, 0.2) is 64.2 Å². The molecular formula is C23H25N5O2S. The number of aromatic amines is 1. The van der Waals surface area contributed by atoms with Crippen LogP contribution in [0.2, 0.25) is 0 Å². The molecule has 1 amide bonds. The highest BCUT2D eigenvalue weighted by Crippen LogP contribution is 2.17. The van der Waals surface area contributed by atoms with Crippen molar-refractivity contribution in [2.45, 2.75) is 43.9 Å². The summed E-state index contributed by atoms with van der Waals surface area (Å²) in [4.78, 5) is 20.1. The van der Waals surface area contributed by atoms with Gasteiger partial charge in [-0.3, -0.25) is 4.79 Å². The van der Waals surface area contributed by atoms with Crippen LogP contribution in [0, 0.1) is 0 Å². The van der Waals surface area contributed by atoms with Crippen LogP contribution in [-0.4, -0.2) is 37.9 Å². The van der Waals surface area contributed by atoms with E-state index < -0.39 is 0 Å². The Labute approximate surface area is 185 Å². The molecule has 0 aliphatic carbocycles. The van der Waals surface area contributed by atoms with Gasteiger partial charge in [0, 0.05) is 18.9 Å². The lowest BCUT2D eigenvalue weighted by atomic mass is 10.1. The molecule has 4 rings (SSSR count). The molecular weight excluding hydrogens is 410 g/mol. The van der Waals surface area contributed by atoms with Gasteiger partial charge in [-0.25, -0.2) is 4.98 Å². The van der Waals surface area contributed by atoms with E-state index in [1.807, 2.05) is 49.4 Å². The maximum atomic E-state index is 12.2. The highest BCUT2D eigenvalue weighted by molar-refractivity contribution is 7.99. The molecule has 2 aromatic carbocycles. The number of aryl methyl sites for hydroxylation is 3. The number of hydrogen-bond donors (Lipinski definition) is 2. The van der Waals surface area contributed by atoms with Gasteiger partial charge in [0.25, 0.3) is 5.22 Å². The molecule has 160 valence electrons. The molecule has 1 atom stereocenters. The summed E-state index contributed by atoms with van der Waals surface area (Å²) in [5.41, 5.74) is 3.24. The largest absolute Gasteiger partial charge is 0.416 e. The number of para-hydroxylation sites is 2. The van der Waals surface area contributed by atoms with Crippen LogP contribution in [0.1, 0.15) is 30.6 Å². The normalized spacial score (nSPS) is 12.2. The number of thioether (sulfide) groups is 1. The Balaban J connectivity index is 1.18. The topological polar surface area (TPSA) is 96.7 Å². The fraction of sp³-hybridized carbons (Fsp3) is 0.304. The van der Waals surface area contributed by atoms with Crippen molar-refractivity contribution in [1.82, 2.24) is 25.5 Å². The molecule has 1 unspecified atom stereocenters. The Hall–Kier alpha value is -3.13. The predicted molar refractivity (Wildman–Crippen MR) is 121 cm³/mol. The number of fused-ring (bicyclic) bond motifs is 1. The lowest BCUT2D eigenvalue weighted by Gasteiger charge is -2.13. The summed E-state index contributed by atoms with van der Waals surface area (Å²) >= 11 is 1.26. The molecule has 0 aliphatic rings. The SMILES string of the molecule is CC(CCc1ccccc1)NC(=O)CSc1nnc(CCc2nc3ccccc3[nH]2)o1. The zero-order valence-electron chi connectivity index (χ0n) is 17.4. The molecule has 0 saturated heterocycles.